The third kappa shape index (κ3) is 5.13. The molecule has 1 spiro atoms. The predicted molar refractivity (Wildman–Crippen MR) is 141 cm³/mol. The van der Waals surface area contributed by atoms with E-state index in [1.807, 2.05) is 13.0 Å². The van der Waals surface area contributed by atoms with Gasteiger partial charge in [0.1, 0.15) is 17.2 Å². The first-order chi connectivity index (χ1) is 20.0. The molecule has 6 rings (SSSR count). The lowest BCUT2D eigenvalue weighted by atomic mass is 9.78. The molecule has 0 radical (unpaired) electrons. The van der Waals surface area contributed by atoms with Crippen LogP contribution in [0, 0.1) is 23.7 Å². The largest absolute Gasteiger partial charge is 0.493 e. The van der Waals surface area contributed by atoms with Crippen LogP contribution in [-0.4, -0.2) is 52.5 Å². The van der Waals surface area contributed by atoms with E-state index in [1.165, 1.54) is 16.8 Å². The Bertz CT molecular complexity index is 1610. The second kappa shape index (κ2) is 10.0. The highest BCUT2D eigenvalue weighted by Gasteiger charge is 2.47. The van der Waals surface area contributed by atoms with Gasteiger partial charge in [-0.1, -0.05) is 6.07 Å². The number of rotatable bonds is 6. The number of ether oxygens (including phenoxy) is 2. The first kappa shape index (κ1) is 27.6. The van der Waals surface area contributed by atoms with Crippen molar-refractivity contribution in [2.45, 2.75) is 50.7 Å². The van der Waals surface area contributed by atoms with Gasteiger partial charge < -0.3 is 20.1 Å². The fourth-order valence-electron chi connectivity index (χ4n) is 5.49. The summed E-state index contributed by atoms with van der Waals surface area (Å²) < 4.78 is 50.3. The monoisotopic (exact) mass is 580 g/mol. The van der Waals surface area contributed by atoms with Crippen LogP contribution in [0.5, 0.6) is 11.5 Å². The van der Waals surface area contributed by atoms with Crippen LogP contribution in [0.15, 0.2) is 36.5 Å². The quantitative estimate of drug-likeness (QED) is 0.452. The molecule has 3 aliphatic rings. The van der Waals surface area contributed by atoms with Crippen LogP contribution in [0.2, 0.25) is 0 Å². The number of aromatic nitrogens is 3. The molecule has 3 aromatic rings. The highest BCUT2D eigenvalue weighted by atomic mass is 19.4. The first-order valence-electron chi connectivity index (χ1n) is 13.6. The number of amides is 2. The molecule has 1 saturated carbocycles. The molecular formula is C29H27F3N6O4. The van der Waals surface area contributed by atoms with E-state index in [1.54, 1.807) is 18.3 Å². The number of nitriles is 1. The van der Waals surface area contributed by atoms with E-state index in [4.69, 9.17) is 14.6 Å². The highest BCUT2D eigenvalue weighted by Crippen LogP contribution is 2.45. The molecule has 13 heteroatoms. The van der Waals surface area contributed by atoms with Crippen molar-refractivity contribution in [3.05, 3.63) is 64.6 Å². The van der Waals surface area contributed by atoms with Crippen LogP contribution >= 0.6 is 0 Å². The second-order valence-corrected chi connectivity index (χ2v) is 11.1. The molecule has 2 aromatic heterocycles. The normalized spacial score (nSPS) is 20.3. The van der Waals surface area contributed by atoms with Crippen molar-refractivity contribution in [2.24, 2.45) is 5.41 Å². The Morgan fingerprint density at radius 3 is 2.76 bits per heavy atom. The number of nitrogens with zero attached hydrogens (tertiary/aromatic N) is 4. The molecule has 1 fully saturated rings. The maximum atomic E-state index is 13.8. The molecule has 1 aliphatic carbocycles. The van der Waals surface area contributed by atoms with Crippen LogP contribution in [0.4, 0.5) is 13.2 Å². The van der Waals surface area contributed by atoms with Gasteiger partial charge in [-0.2, -0.15) is 23.5 Å². The number of fused-ring (bicyclic) bond motifs is 3. The Kier molecular flexibility index (Phi) is 6.59. The minimum Gasteiger partial charge on any atom is -0.493 e. The van der Waals surface area contributed by atoms with Gasteiger partial charge >= 0.3 is 6.18 Å². The fourth-order valence-corrected chi connectivity index (χ4v) is 5.49. The average molecular weight is 581 g/mol. The number of hydrogen-bond acceptors (Lipinski definition) is 7. The van der Waals surface area contributed by atoms with Gasteiger partial charge in [-0.25, -0.2) is 9.67 Å². The number of alkyl halides is 3. The zero-order chi connectivity index (χ0) is 29.7. The minimum atomic E-state index is -4.49. The molecule has 42 heavy (non-hydrogen) atoms. The molecule has 2 N–H and O–H groups in total. The molecule has 2 amide bonds. The molecule has 0 unspecified atom stereocenters. The lowest BCUT2D eigenvalue weighted by Gasteiger charge is -2.37. The summed E-state index contributed by atoms with van der Waals surface area (Å²) in [5.74, 6) is -0.425. The topological polar surface area (TPSA) is 131 Å². The van der Waals surface area contributed by atoms with Crippen LogP contribution in [0.3, 0.4) is 0 Å². The van der Waals surface area contributed by atoms with Gasteiger partial charge in [0.15, 0.2) is 12.4 Å². The van der Waals surface area contributed by atoms with E-state index in [-0.39, 0.29) is 36.6 Å². The maximum absolute atomic E-state index is 13.8. The van der Waals surface area contributed by atoms with Crippen molar-refractivity contribution < 1.29 is 32.2 Å². The molecule has 4 heterocycles. The number of carbonyl (C=O) groups excluding carboxylic acids is 2. The number of pyridine rings is 1. The van der Waals surface area contributed by atoms with E-state index in [2.05, 4.69) is 21.7 Å². The Hall–Kier alpha value is -4.60. The Morgan fingerprint density at radius 1 is 1.26 bits per heavy atom. The molecular weight excluding hydrogens is 553 g/mol. The summed E-state index contributed by atoms with van der Waals surface area (Å²) in [6.07, 6.45) is -0.267. The standard InChI is InChI=1S/C29H27F3N6O4/c1-17-3-6-22(34-13-17)38-24(26(40)35-15-27(14-33)8-9-27)23-20(37-38)12-28(36-25(23)39)7-2-10-41-21-11-18(4-5-19(21)28)42-16-29(30,31)32/h3-6,11,13H,2,7-10,12,15-16H2,1H3,(H,35,40)(H,36,39)/t28-/m0/s1. The third-order valence-electron chi connectivity index (χ3n) is 7.89. The highest BCUT2D eigenvalue weighted by molar-refractivity contribution is 6.08. The number of aryl methyl sites for hydroxylation is 1. The summed E-state index contributed by atoms with van der Waals surface area (Å²) in [5.41, 5.74) is 0.404. The molecule has 0 saturated heterocycles. The Labute approximate surface area is 238 Å². The summed E-state index contributed by atoms with van der Waals surface area (Å²) in [4.78, 5) is 31.8. The van der Waals surface area contributed by atoms with Crippen molar-refractivity contribution in [3.8, 4) is 23.4 Å². The van der Waals surface area contributed by atoms with Crippen molar-refractivity contribution in [3.63, 3.8) is 0 Å². The van der Waals surface area contributed by atoms with Crippen LogP contribution in [0.25, 0.3) is 5.82 Å². The zero-order valence-corrected chi connectivity index (χ0v) is 22.7. The second-order valence-electron chi connectivity index (χ2n) is 11.1. The van der Waals surface area contributed by atoms with Crippen LogP contribution in [0.1, 0.15) is 63.4 Å². The van der Waals surface area contributed by atoms with Crippen molar-refractivity contribution in [2.75, 3.05) is 19.8 Å². The van der Waals surface area contributed by atoms with Crippen molar-refractivity contribution >= 4 is 11.8 Å². The van der Waals surface area contributed by atoms with Crippen LogP contribution < -0.4 is 20.1 Å². The van der Waals surface area contributed by atoms with Gasteiger partial charge in [-0.3, -0.25) is 9.59 Å². The Morgan fingerprint density at radius 2 is 2.07 bits per heavy atom. The van der Waals surface area contributed by atoms with E-state index in [0.29, 0.717) is 48.5 Å². The number of nitrogens with one attached hydrogen (secondary N) is 2. The SMILES string of the molecule is Cc1ccc(-n2nc3c(c2C(=O)NCC2(C#N)CC2)C(=O)N[C@@]2(CCCOc4cc(OCC(F)(F)F)ccc42)C3)nc1. The number of carbonyl (C=O) groups is 2. The molecule has 0 bridgehead atoms. The third-order valence-corrected chi connectivity index (χ3v) is 7.89. The molecule has 1 aromatic carbocycles. The van der Waals surface area contributed by atoms with E-state index in [0.717, 1.165) is 5.56 Å². The summed E-state index contributed by atoms with van der Waals surface area (Å²) in [5, 5.41) is 20.1. The molecule has 2 aliphatic heterocycles. The van der Waals surface area contributed by atoms with Gasteiger partial charge in [-0.05, 0) is 56.4 Å². The first-order valence-corrected chi connectivity index (χ1v) is 13.6. The minimum absolute atomic E-state index is 0.00886. The summed E-state index contributed by atoms with van der Waals surface area (Å²) in [6, 6.07) is 10.2. The van der Waals surface area contributed by atoms with E-state index in [9.17, 15) is 28.0 Å². The van der Waals surface area contributed by atoms with Gasteiger partial charge in [0.25, 0.3) is 11.8 Å². The van der Waals surface area contributed by atoms with Gasteiger partial charge in [0.2, 0.25) is 0 Å². The summed E-state index contributed by atoms with van der Waals surface area (Å²) in [6.45, 7) is 0.870. The van der Waals surface area contributed by atoms with Crippen molar-refractivity contribution in [1.82, 2.24) is 25.4 Å². The smallest absolute Gasteiger partial charge is 0.422 e. The van der Waals surface area contributed by atoms with Gasteiger partial charge in [0.05, 0.1) is 34.9 Å². The number of hydrogen-bond donors (Lipinski definition) is 2. The zero-order valence-electron chi connectivity index (χ0n) is 22.7. The van der Waals surface area contributed by atoms with Gasteiger partial charge in [0, 0.05) is 30.8 Å². The van der Waals surface area contributed by atoms with Gasteiger partial charge in [-0.15, -0.1) is 0 Å². The summed E-state index contributed by atoms with van der Waals surface area (Å²) >= 11 is 0. The Balaban J connectivity index is 1.39. The molecule has 218 valence electrons. The van der Waals surface area contributed by atoms with E-state index < -0.39 is 35.6 Å². The summed E-state index contributed by atoms with van der Waals surface area (Å²) in [7, 11) is 0. The predicted octanol–water partition coefficient (Wildman–Crippen LogP) is 3.90. The molecule has 10 nitrogen and oxygen atoms in total. The fraction of sp³-hybridized carbons (Fsp3) is 0.414. The number of halogens is 3. The molecule has 1 atom stereocenters. The maximum Gasteiger partial charge on any atom is 0.422 e. The average Bonchev–Trinajstić information content (AvgIpc) is 3.67. The lowest BCUT2D eigenvalue weighted by molar-refractivity contribution is -0.153. The lowest BCUT2D eigenvalue weighted by Crippen LogP contribution is -2.51. The van der Waals surface area contributed by atoms with Crippen molar-refractivity contribution in [1.29, 1.82) is 5.26 Å². The van der Waals surface area contributed by atoms with E-state index >= 15 is 0 Å². The number of benzene rings is 1. The van der Waals surface area contributed by atoms with Crippen LogP contribution in [-0.2, 0) is 12.0 Å².